The quantitative estimate of drug-likeness (QED) is 0.0378. The molecular weight excluding hydrogens is 721 g/mol. The summed E-state index contributed by atoms with van der Waals surface area (Å²) in [5, 5.41) is 43.9. The zero-order valence-corrected chi connectivity index (χ0v) is 34.9. The Bertz CT molecular complexity index is 1460. The number of unbranched alkanes of at least 4 members (excludes halogenated alkanes) is 13. The van der Waals surface area contributed by atoms with Crippen molar-refractivity contribution in [3.8, 4) is 0 Å². The van der Waals surface area contributed by atoms with Crippen LogP contribution in [0.4, 0.5) is 0 Å². The van der Waals surface area contributed by atoms with Gasteiger partial charge in [0, 0.05) is 25.2 Å². The van der Waals surface area contributed by atoms with Crippen LogP contribution in [-0.4, -0.2) is 56.4 Å². The van der Waals surface area contributed by atoms with Crippen molar-refractivity contribution in [3.63, 3.8) is 0 Å². The molecule has 0 heterocycles. The Labute approximate surface area is 341 Å². The zero-order valence-electron chi connectivity index (χ0n) is 34.9. The summed E-state index contributed by atoms with van der Waals surface area (Å²) in [6.45, 7) is 5.77. The second-order valence-corrected chi connectivity index (χ2v) is 16.8. The summed E-state index contributed by atoms with van der Waals surface area (Å²) in [5.74, 6) is -4.89. The van der Waals surface area contributed by atoms with Crippen molar-refractivity contribution in [3.05, 3.63) is 70.8 Å². The summed E-state index contributed by atoms with van der Waals surface area (Å²) in [5.41, 5.74) is 1.75. The topological polar surface area (TPSA) is 173 Å². The van der Waals surface area contributed by atoms with E-state index in [2.05, 4.69) is 73.0 Å². The Kier molecular flexibility index (Phi) is 21.4. The summed E-state index contributed by atoms with van der Waals surface area (Å²) in [7, 11) is 0. The van der Waals surface area contributed by atoms with Gasteiger partial charge in [-0.1, -0.05) is 146 Å². The molecule has 2 saturated carbocycles. The minimum Gasteiger partial charge on any atom is -0.480 e. The highest BCUT2D eigenvalue weighted by atomic mass is 16.4. The maximum atomic E-state index is 11.4. The molecule has 2 unspecified atom stereocenters. The monoisotopic (exact) mass is 793 g/mol. The molecule has 2 aliphatic carbocycles. The van der Waals surface area contributed by atoms with Crippen LogP contribution in [0.15, 0.2) is 48.5 Å². The number of nitrogens with one attached hydrogen (secondary N) is 2. The van der Waals surface area contributed by atoms with Crippen molar-refractivity contribution < 1.29 is 39.6 Å². The molecule has 2 fully saturated rings. The number of aliphatic carboxylic acids is 4. The molecule has 0 bridgehead atoms. The van der Waals surface area contributed by atoms with E-state index in [-0.39, 0.29) is 37.8 Å². The Morgan fingerprint density at radius 3 is 1.04 bits per heavy atom. The molecule has 0 aliphatic heterocycles. The SMILES string of the molecule is CCCCCCCCCCc1ccc(CNC2CCC(C(=O)O)(C(=O)O)C2)cc1.CCCCCCCCCc1ccc(CNC2CCC(C(=O)O)(C(=O)O)C2)cc1. The number of benzene rings is 2. The van der Waals surface area contributed by atoms with E-state index in [0.29, 0.717) is 25.9 Å². The second-order valence-electron chi connectivity index (χ2n) is 16.8. The van der Waals surface area contributed by atoms with E-state index < -0.39 is 34.7 Å². The summed E-state index contributed by atoms with van der Waals surface area (Å²) in [6.07, 6.45) is 23.9. The highest BCUT2D eigenvalue weighted by Gasteiger charge is 2.52. The van der Waals surface area contributed by atoms with Crippen LogP contribution >= 0.6 is 0 Å². The summed E-state index contributed by atoms with van der Waals surface area (Å²) >= 11 is 0. The lowest BCUT2D eigenvalue weighted by Gasteiger charge is -2.19. The van der Waals surface area contributed by atoms with Gasteiger partial charge in [0.05, 0.1) is 0 Å². The molecule has 0 aromatic heterocycles. The third-order valence-corrected chi connectivity index (χ3v) is 12.3. The molecule has 2 aromatic carbocycles. The Morgan fingerprint density at radius 2 is 0.754 bits per heavy atom. The molecule has 6 N–H and O–H groups in total. The first-order chi connectivity index (χ1) is 27.5. The smallest absolute Gasteiger partial charge is 0.321 e. The molecule has 2 aromatic rings. The van der Waals surface area contributed by atoms with Gasteiger partial charge in [-0.15, -0.1) is 0 Å². The van der Waals surface area contributed by atoms with E-state index in [1.54, 1.807) is 0 Å². The third kappa shape index (κ3) is 15.8. The molecule has 0 radical (unpaired) electrons. The summed E-state index contributed by atoms with van der Waals surface area (Å²) in [6, 6.07) is 17.0. The van der Waals surface area contributed by atoms with Gasteiger partial charge in [-0.25, -0.2) is 0 Å². The first-order valence-corrected chi connectivity index (χ1v) is 22.0. The zero-order chi connectivity index (χ0) is 41.5. The first-order valence-electron chi connectivity index (χ1n) is 22.0. The Hall–Kier alpha value is -3.76. The average molecular weight is 793 g/mol. The van der Waals surface area contributed by atoms with Crippen LogP contribution in [0.1, 0.15) is 171 Å². The molecule has 4 rings (SSSR count). The predicted molar refractivity (Wildman–Crippen MR) is 225 cm³/mol. The van der Waals surface area contributed by atoms with Crippen LogP contribution in [0.3, 0.4) is 0 Å². The van der Waals surface area contributed by atoms with Crippen LogP contribution in [0, 0.1) is 10.8 Å². The molecule has 2 aliphatic rings. The van der Waals surface area contributed by atoms with Crippen LogP contribution in [-0.2, 0) is 45.1 Å². The Balaban J connectivity index is 0.000000306. The Morgan fingerprint density at radius 1 is 0.474 bits per heavy atom. The largest absolute Gasteiger partial charge is 0.480 e. The van der Waals surface area contributed by atoms with Crippen molar-refractivity contribution >= 4 is 23.9 Å². The molecule has 2 atom stereocenters. The van der Waals surface area contributed by atoms with E-state index >= 15 is 0 Å². The molecule has 0 amide bonds. The highest BCUT2D eigenvalue weighted by Crippen LogP contribution is 2.40. The van der Waals surface area contributed by atoms with Gasteiger partial charge in [0.2, 0.25) is 0 Å². The van der Waals surface area contributed by atoms with Gasteiger partial charge in [0.1, 0.15) is 0 Å². The maximum absolute atomic E-state index is 11.4. The fourth-order valence-electron chi connectivity index (χ4n) is 8.32. The fourth-order valence-corrected chi connectivity index (χ4v) is 8.32. The number of hydrogen-bond acceptors (Lipinski definition) is 6. The number of rotatable bonds is 27. The average Bonchev–Trinajstić information content (AvgIpc) is 3.85. The molecular formula is C47H72N2O8. The lowest BCUT2D eigenvalue weighted by molar-refractivity contribution is -0.166. The normalized spacial score (nSPS) is 18.1. The number of carboxylic acids is 4. The third-order valence-electron chi connectivity index (χ3n) is 12.3. The highest BCUT2D eigenvalue weighted by molar-refractivity contribution is 5.99. The van der Waals surface area contributed by atoms with Crippen LogP contribution in [0.25, 0.3) is 0 Å². The van der Waals surface area contributed by atoms with Crippen LogP contribution in [0.5, 0.6) is 0 Å². The van der Waals surface area contributed by atoms with Crippen LogP contribution in [0.2, 0.25) is 0 Å². The van der Waals surface area contributed by atoms with E-state index in [1.807, 2.05) is 0 Å². The molecule has 0 saturated heterocycles. The number of carbonyl (C=O) groups is 4. The summed E-state index contributed by atoms with van der Waals surface area (Å²) < 4.78 is 0. The molecule has 10 heteroatoms. The first kappa shape index (κ1) is 47.6. The van der Waals surface area contributed by atoms with Gasteiger partial charge in [0.15, 0.2) is 10.8 Å². The van der Waals surface area contributed by atoms with Gasteiger partial charge < -0.3 is 31.1 Å². The molecule has 0 spiro atoms. The lowest BCUT2D eigenvalue weighted by Crippen LogP contribution is -2.39. The summed E-state index contributed by atoms with van der Waals surface area (Å²) in [4.78, 5) is 45.6. The standard InChI is InChI=1S/C24H37NO4.C23H35NO4/c1-2-3-4-5-6-7-8-9-10-19-11-13-20(14-12-19)18-25-21-15-16-24(17-21,22(26)27)23(28)29;1-2-3-4-5-6-7-8-9-18-10-12-19(13-11-18)17-24-20-14-15-23(16-20,21(25)26)22(27)28/h11-14,21,25H,2-10,15-18H2,1H3,(H,26,27)(H,28,29);10-13,20,24H,2-9,14-17H2,1H3,(H,25,26)(H,27,28). The molecule has 10 nitrogen and oxygen atoms in total. The van der Waals surface area contributed by atoms with Gasteiger partial charge in [0.25, 0.3) is 0 Å². The number of aryl methyl sites for hydroxylation is 2. The van der Waals surface area contributed by atoms with Crippen molar-refractivity contribution in [2.45, 2.75) is 187 Å². The van der Waals surface area contributed by atoms with Crippen molar-refractivity contribution in [1.29, 1.82) is 0 Å². The molecule has 318 valence electrons. The van der Waals surface area contributed by atoms with E-state index in [0.717, 1.165) is 24.0 Å². The van der Waals surface area contributed by atoms with E-state index in [9.17, 15) is 39.6 Å². The van der Waals surface area contributed by atoms with Gasteiger partial charge in [-0.2, -0.15) is 0 Å². The van der Waals surface area contributed by atoms with Gasteiger partial charge in [-0.05, 0) is 86.5 Å². The number of carboxylic acid groups (broad SMARTS) is 4. The fraction of sp³-hybridized carbons (Fsp3) is 0.660. The minimum absolute atomic E-state index is 0.0698. The minimum atomic E-state index is -1.63. The maximum Gasteiger partial charge on any atom is 0.321 e. The molecule has 57 heavy (non-hydrogen) atoms. The predicted octanol–water partition coefficient (Wildman–Crippen LogP) is 9.94. The van der Waals surface area contributed by atoms with Gasteiger partial charge >= 0.3 is 23.9 Å². The van der Waals surface area contributed by atoms with Crippen molar-refractivity contribution in [2.75, 3.05) is 0 Å². The lowest BCUT2D eigenvalue weighted by atomic mass is 9.86. The van der Waals surface area contributed by atoms with E-state index in [1.165, 1.54) is 107 Å². The van der Waals surface area contributed by atoms with E-state index in [4.69, 9.17) is 0 Å². The van der Waals surface area contributed by atoms with Crippen molar-refractivity contribution in [2.24, 2.45) is 10.8 Å². The van der Waals surface area contributed by atoms with Crippen molar-refractivity contribution in [1.82, 2.24) is 10.6 Å². The van der Waals surface area contributed by atoms with Crippen LogP contribution < -0.4 is 10.6 Å². The number of hydrogen-bond donors (Lipinski definition) is 6. The second kappa shape index (κ2) is 25.6. The van der Waals surface area contributed by atoms with Gasteiger partial charge in [-0.3, -0.25) is 19.2 Å².